The van der Waals surface area contributed by atoms with Gasteiger partial charge in [0.05, 0.1) is 11.4 Å². The number of anilines is 2. The van der Waals surface area contributed by atoms with E-state index in [1.807, 2.05) is 46.7 Å². The lowest BCUT2D eigenvalue weighted by Crippen LogP contribution is -2.37. The summed E-state index contributed by atoms with van der Waals surface area (Å²) < 4.78 is 0. The minimum Gasteiger partial charge on any atom is -0.297 e. The molecule has 1 heterocycles. The van der Waals surface area contributed by atoms with Crippen molar-refractivity contribution in [3.63, 3.8) is 0 Å². The molecule has 21 heavy (non-hydrogen) atoms. The summed E-state index contributed by atoms with van der Waals surface area (Å²) in [5.74, 6) is 4.99. The molecule has 0 unspecified atom stereocenters. The molecule has 0 atom stereocenters. The van der Waals surface area contributed by atoms with Gasteiger partial charge in [-0.1, -0.05) is 36.0 Å². The minimum atomic E-state index is -0.570. The van der Waals surface area contributed by atoms with E-state index in [1.165, 1.54) is 0 Å². The van der Waals surface area contributed by atoms with Crippen molar-refractivity contribution in [3.8, 4) is 0 Å². The number of para-hydroxylation sites is 2. The van der Waals surface area contributed by atoms with Gasteiger partial charge in [0, 0.05) is 9.79 Å². The van der Waals surface area contributed by atoms with Crippen LogP contribution in [0.3, 0.4) is 0 Å². The van der Waals surface area contributed by atoms with E-state index in [0.29, 0.717) is 0 Å². The second kappa shape index (κ2) is 5.86. The molecule has 0 spiro atoms. The van der Waals surface area contributed by atoms with Crippen molar-refractivity contribution in [2.45, 2.75) is 9.79 Å². The molecule has 0 fully saturated rings. The van der Waals surface area contributed by atoms with Gasteiger partial charge in [0.25, 0.3) is 0 Å². The van der Waals surface area contributed by atoms with Crippen molar-refractivity contribution in [1.29, 1.82) is 0 Å². The number of urea groups is 1. The number of amides is 2. The number of hydrazone groups is 1. The molecule has 2 amide bonds. The maximum atomic E-state index is 11.1. The lowest BCUT2D eigenvalue weighted by Gasteiger charge is -2.28. The van der Waals surface area contributed by atoms with Crippen LogP contribution in [0.2, 0.25) is 0 Å². The summed E-state index contributed by atoms with van der Waals surface area (Å²) in [4.78, 5) is 15.3. The Kier molecular flexibility index (Phi) is 3.76. The van der Waals surface area contributed by atoms with Crippen LogP contribution in [0.4, 0.5) is 16.2 Å². The zero-order valence-electron chi connectivity index (χ0n) is 11.0. The van der Waals surface area contributed by atoms with Crippen molar-refractivity contribution in [1.82, 2.24) is 10.9 Å². The van der Waals surface area contributed by atoms with E-state index in [2.05, 4.69) is 22.7 Å². The van der Waals surface area contributed by atoms with Gasteiger partial charge in [-0.3, -0.25) is 10.3 Å². The summed E-state index contributed by atoms with van der Waals surface area (Å²) >= 11 is 1.71. The van der Waals surface area contributed by atoms with Gasteiger partial charge < -0.3 is 0 Å². The molecule has 2 aromatic carbocycles. The molecule has 106 valence electrons. The number of benzene rings is 2. The monoisotopic (exact) mass is 299 g/mol. The number of fused-ring (bicyclic) bond motifs is 2. The highest BCUT2D eigenvalue weighted by Crippen LogP contribution is 2.47. The highest BCUT2D eigenvalue weighted by molar-refractivity contribution is 7.99. The fraction of sp³-hybridized carbons (Fsp3) is 0. The van der Waals surface area contributed by atoms with Crippen molar-refractivity contribution in [2.75, 3.05) is 4.90 Å². The summed E-state index contributed by atoms with van der Waals surface area (Å²) in [6.07, 6.45) is 1.56. The Morgan fingerprint density at radius 1 is 1.10 bits per heavy atom. The van der Waals surface area contributed by atoms with Gasteiger partial charge in [-0.25, -0.2) is 16.1 Å². The number of carbonyl (C=O) groups is 1. The van der Waals surface area contributed by atoms with Gasteiger partial charge >= 0.3 is 6.03 Å². The zero-order valence-corrected chi connectivity index (χ0v) is 11.8. The van der Waals surface area contributed by atoms with Gasteiger partial charge in [-0.15, -0.1) is 0 Å². The summed E-state index contributed by atoms with van der Waals surface area (Å²) in [5, 5.41) is 3.91. The van der Waals surface area contributed by atoms with Crippen LogP contribution in [-0.4, -0.2) is 12.4 Å². The molecule has 0 bridgehead atoms. The first kappa shape index (κ1) is 13.5. The first-order valence-electron chi connectivity index (χ1n) is 6.24. The second-order valence-electron chi connectivity index (χ2n) is 4.24. The topological polar surface area (TPSA) is 82.7 Å². The molecule has 1 aliphatic rings. The van der Waals surface area contributed by atoms with Crippen LogP contribution >= 0.6 is 11.8 Å². The fourth-order valence-electron chi connectivity index (χ4n) is 2.04. The number of rotatable bonds is 2. The highest BCUT2D eigenvalue weighted by Gasteiger charge is 2.21. The number of nitrogens with one attached hydrogen (secondary N) is 2. The molecule has 3 rings (SSSR count). The number of hydrogen-bond acceptors (Lipinski definition) is 4. The average Bonchev–Trinajstić information content (AvgIpc) is 2.54. The normalized spacial score (nSPS) is 12.7. The number of hydrogen-bond donors (Lipinski definition) is 3. The Morgan fingerprint density at radius 2 is 1.67 bits per heavy atom. The van der Waals surface area contributed by atoms with Gasteiger partial charge in [0.2, 0.25) is 0 Å². The van der Waals surface area contributed by atoms with Crippen molar-refractivity contribution >= 4 is 35.5 Å². The molecule has 6 nitrogen and oxygen atoms in total. The van der Waals surface area contributed by atoms with Gasteiger partial charge in [-0.2, -0.15) is 5.10 Å². The third-order valence-electron chi connectivity index (χ3n) is 2.94. The summed E-state index contributed by atoms with van der Waals surface area (Å²) in [6.45, 7) is 0. The molecule has 7 heteroatoms. The Morgan fingerprint density at radius 3 is 2.24 bits per heavy atom. The maximum absolute atomic E-state index is 11.1. The smallest absolute Gasteiger partial charge is 0.297 e. The third kappa shape index (κ3) is 2.69. The maximum Gasteiger partial charge on any atom is 0.349 e. The van der Waals surface area contributed by atoms with Crippen molar-refractivity contribution in [3.05, 3.63) is 48.5 Å². The Bertz CT molecular complexity index is 658. The zero-order chi connectivity index (χ0) is 14.7. The Hall–Kier alpha value is -2.51. The van der Waals surface area contributed by atoms with Crippen LogP contribution in [0.25, 0.3) is 0 Å². The van der Waals surface area contributed by atoms with Gasteiger partial charge in [0.15, 0.2) is 0 Å². The summed E-state index contributed by atoms with van der Waals surface area (Å²) in [7, 11) is 0. The van der Waals surface area contributed by atoms with E-state index >= 15 is 0 Å². The predicted octanol–water partition coefficient (Wildman–Crippen LogP) is 2.41. The standard InChI is InChI=1S/C14H13N5OS/c15-17-14(20)18-16-9-19-10-5-1-3-7-12(10)21-13-8-4-2-6-11(13)19/h1-9H,15H2,(H2,17,18,20)/b16-9+. The van der Waals surface area contributed by atoms with E-state index in [1.54, 1.807) is 18.1 Å². The van der Waals surface area contributed by atoms with E-state index in [0.717, 1.165) is 21.2 Å². The third-order valence-corrected chi connectivity index (χ3v) is 4.07. The van der Waals surface area contributed by atoms with Crippen LogP contribution in [0.15, 0.2) is 63.4 Å². The Balaban J connectivity index is 1.97. The van der Waals surface area contributed by atoms with E-state index in [-0.39, 0.29) is 0 Å². The summed E-state index contributed by atoms with van der Waals surface area (Å²) in [6, 6.07) is 15.5. The van der Waals surface area contributed by atoms with Crippen LogP contribution in [0.1, 0.15) is 0 Å². The van der Waals surface area contributed by atoms with Crippen LogP contribution in [-0.2, 0) is 0 Å². The average molecular weight is 299 g/mol. The fourth-order valence-corrected chi connectivity index (χ4v) is 3.11. The van der Waals surface area contributed by atoms with Crippen molar-refractivity contribution < 1.29 is 4.79 Å². The van der Waals surface area contributed by atoms with Crippen LogP contribution < -0.4 is 21.6 Å². The summed E-state index contributed by atoms with van der Waals surface area (Å²) in [5.41, 5.74) is 6.27. The van der Waals surface area contributed by atoms with E-state index in [4.69, 9.17) is 5.84 Å². The highest BCUT2D eigenvalue weighted by atomic mass is 32.2. The molecule has 0 radical (unpaired) electrons. The van der Waals surface area contributed by atoms with Crippen molar-refractivity contribution in [2.24, 2.45) is 10.9 Å². The number of nitrogens with two attached hydrogens (primary N) is 1. The van der Waals surface area contributed by atoms with E-state index in [9.17, 15) is 4.79 Å². The Labute approximate surface area is 126 Å². The minimum absolute atomic E-state index is 0.570. The van der Waals surface area contributed by atoms with Crippen LogP contribution in [0.5, 0.6) is 0 Å². The van der Waals surface area contributed by atoms with Gasteiger partial charge in [-0.05, 0) is 24.3 Å². The first-order valence-corrected chi connectivity index (χ1v) is 7.06. The molecular weight excluding hydrogens is 286 g/mol. The molecule has 1 aliphatic heterocycles. The molecule has 4 N–H and O–H groups in total. The number of nitrogens with zero attached hydrogens (tertiary/aromatic N) is 2. The molecule has 0 saturated carbocycles. The molecule has 2 aromatic rings. The molecular formula is C14H13N5OS. The predicted molar refractivity (Wildman–Crippen MR) is 83.5 cm³/mol. The SMILES string of the molecule is NNC(=O)N/N=C/N1c2ccccc2Sc2ccccc21. The quantitative estimate of drug-likeness (QED) is 0.261. The van der Waals surface area contributed by atoms with E-state index < -0.39 is 6.03 Å². The largest absolute Gasteiger partial charge is 0.349 e. The lowest BCUT2D eigenvalue weighted by molar-refractivity contribution is 0.241. The number of hydrazine groups is 1. The van der Waals surface area contributed by atoms with Gasteiger partial charge in [0.1, 0.15) is 6.34 Å². The molecule has 0 aliphatic carbocycles. The molecule has 0 aromatic heterocycles. The second-order valence-corrected chi connectivity index (χ2v) is 5.32. The number of carbonyl (C=O) groups excluding carboxylic acids is 1. The molecule has 0 saturated heterocycles. The lowest BCUT2D eigenvalue weighted by atomic mass is 10.2. The van der Waals surface area contributed by atoms with Crippen LogP contribution in [0, 0.1) is 0 Å². The first-order chi connectivity index (χ1) is 10.3.